The van der Waals surface area contributed by atoms with E-state index in [0.717, 1.165) is 48.2 Å². The summed E-state index contributed by atoms with van der Waals surface area (Å²) in [7, 11) is 2.00. The Morgan fingerprint density at radius 2 is 2.09 bits per heavy atom. The van der Waals surface area contributed by atoms with E-state index in [2.05, 4.69) is 20.2 Å². The number of piperidine rings is 1. The normalized spacial score (nSPS) is 16.5. The van der Waals surface area contributed by atoms with Gasteiger partial charge in [0, 0.05) is 29.5 Å². The molecule has 1 fully saturated rings. The molecule has 0 radical (unpaired) electrons. The number of nitrogens with one attached hydrogen (secondary N) is 1. The number of fused-ring (bicyclic) bond motifs is 3. The summed E-state index contributed by atoms with van der Waals surface area (Å²) in [5, 5.41) is 4.85. The van der Waals surface area contributed by atoms with E-state index in [4.69, 9.17) is 21.8 Å². The summed E-state index contributed by atoms with van der Waals surface area (Å²) in [6.07, 6.45) is 2.13. The van der Waals surface area contributed by atoms with Crippen LogP contribution in [0.25, 0.3) is 22.1 Å². The number of hydrogen-bond donors (Lipinski definition) is 2. The van der Waals surface area contributed by atoms with Crippen molar-refractivity contribution in [3.05, 3.63) is 23.2 Å². The maximum atomic E-state index is 6.10. The van der Waals surface area contributed by atoms with Crippen LogP contribution in [0.15, 0.2) is 22.6 Å². The molecule has 1 aliphatic heterocycles. The lowest BCUT2D eigenvalue weighted by Gasteiger charge is -2.32. The first-order valence-electron chi connectivity index (χ1n) is 7.73. The van der Waals surface area contributed by atoms with Gasteiger partial charge in [-0.15, -0.1) is 0 Å². The Balaban J connectivity index is 1.85. The number of hydrogen-bond acceptors (Lipinski definition) is 6. The fourth-order valence-electron chi connectivity index (χ4n) is 3.21. The van der Waals surface area contributed by atoms with E-state index in [-0.39, 0.29) is 5.95 Å². The number of anilines is 2. The Morgan fingerprint density at radius 3 is 2.83 bits per heavy atom. The minimum Gasteiger partial charge on any atom is -0.450 e. The molecule has 3 N–H and O–H groups in total. The molecule has 1 saturated heterocycles. The van der Waals surface area contributed by atoms with Crippen molar-refractivity contribution in [3.63, 3.8) is 0 Å². The highest BCUT2D eigenvalue weighted by Gasteiger charge is 2.24. The van der Waals surface area contributed by atoms with Gasteiger partial charge in [0.2, 0.25) is 5.95 Å². The van der Waals surface area contributed by atoms with Crippen LogP contribution in [0.3, 0.4) is 0 Å². The van der Waals surface area contributed by atoms with Gasteiger partial charge in [-0.05, 0) is 38.1 Å². The number of nitrogens with two attached hydrogens (primary N) is 1. The summed E-state index contributed by atoms with van der Waals surface area (Å²) in [5.74, 6) is 1.03. The number of rotatable bonds is 2. The SMILES string of the molecule is CNC1CCN(c2nc(N)nc3c2oc2ccc(Cl)cc23)CC1. The minimum atomic E-state index is 0.255. The Labute approximate surface area is 138 Å². The summed E-state index contributed by atoms with van der Waals surface area (Å²) in [6.45, 7) is 1.82. The average Bonchev–Trinajstić information content (AvgIpc) is 2.92. The van der Waals surface area contributed by atoms with Gasteiger partial charge in [-0.2, -0.15) is 4.98 Å². The van der Waals surface area contributed by atoms with Crippen molar-refractivity contribution in [2.24, 2.45) is 0 Å². The zero-order valence-electron chi connectivity index (χ0n) is 12.8. The van der Waals surface area contributed by atoms with Crippen molar-refractivity contribution < 1.29 is 4.42 Å². The van der Waals surface area contributed by atoms with Crippen LogP contribution >= 0.6 is 11.6 Å². The third-order valence-corrected chi connectivity index (χ3v) is 4.71. The monoisotopic (exact) mass is 331 g/mol. The lowest BCUT2D eigenvalue weighted by atomic mass is 10.1. The summed E-state index contributed by atoms with van der Waals surface area (Å²) in [4.78, 5) is 11.0. The Morgan fingerprint density at radius 1 is 1.30 bits per heavy atom. The number of nitrogens with zero attached hydrogens (tertiary/aromatic N) is 3. The lowest BCUT2D eigenvalue weighted by Crippen LogP contribution is -2.41. The fraction of sp³-hybridized carbons (Fsp3) is 0.375. The van der Waals surface area contributed by atoms with Crippen LogP contribution in [0.1, 0.15) is 12.8 Å². The molecule has 4 rings (SSSR count). The summed E-state index contributed by atoms with van der Waals surface area (Å²) >= 11 is 6.10. The number of nitrogen functional groups attached to an aromatic ring is 1. The second-order valence-corrected chi connectivity index (χ2v) is 6.31. The third kappa shape index (κ3) is 2.48. The minimum absolute atomic E-state index is 0.255. The van der Waals surface area contributed by atoms with E-state index in [1.54, 1.807) is 6.07 Å². The molecule has 120 valence electrons. The molecule has 0 aliphatic carbocycles. The molecule has 0 saturated carbocycles. The quantitative estimate of drug-likeness (QED) is 0.751. The van der Waals surface area contributed by atoms with Gasteiger partial charge in [-0.3, -0.25) is 0 Å². The maximum absolute atomic E-state index is 6.10. The molecule has 0 atom stereocenters. The van der Waals surface area contributed by atoms with Crippen LogP contribution < -0.4 is 16.0 Å². The van der Waals surface area contributed by atoms with Crippen LogP contribution in [0.5, 0.6) is 0 Å². The Kier molecular flexibility index (Phi) is 3.50. The first-order chi connectivity index (χ1) is 11.2. The third-order valence-electron chi connectivity index (χ3n) is 4.48. The fourth-order valence-corrected chi connectivity index (χ4v) is 3.38. The predicted octanol–water partition coefficient (Wildman–Crippen LogP) is 2.80. The van der Waals surface area contributed by atoms with Crippen molar-refractivity contribution in [1.29, 1.82) is 0 Å². The molecule has 0 unspecified atom stereocenters. The Hall–Kier alpha value is -2.05. The number of halogens is 1. The summed E-state index contributed by atoms with van der Waals surface area (Å²) < 4.78 is 6.00. The van der Waals surface area contributed by atoms with Crippen LogP contribution in [-0.2, 0) is 0 Å². The van der Waals surface area contributed by atoms with Crippen molar-refractivity contribution in [2.75, 3.05) is 30.8 Å². The van der Waals surface area contributed by atoms with Gasteiger partial charge in [0.25, 0.3) is 0 Å². The first-order valence-corrected chi connectivity index (χ1v) is 8.11. The zero-order chi connectivity index (χ0) is 16.0. The summed E-state index contributed by atoms with van der Waals surface area (Å²) in [5.41, 5.74) is 8.09. The predicted molar refractivity (Wildman–Crippen MR) is 93.0 cm³/mol. The maximum Gasteiger partial charge on any atom is 0.222 e. The van der Waals surface area contributed by atoms with Crippen molar-refractivity contribution in [3.8, 4) is 0 Å². The van der Waals surface area contributed by atoms with E-state index in [9.17, 15) is 0 Å². The van der Waals surface area contributed by atoms with E-state index < -0.39 is 0 Å². The smallest absolute Gasteiger partial charge is 0.222 e. The first kappa shape index (κ1) is 14.5. The molecule has 23 heavy (non-hydrogen) atoms. The summed E-state index contributed by atoms with van der Waals surface area (Å²) in [6, 6.07) is 6.07. The standard InChI is InChI=1S/C16H18ClN5O/c1-19-10-4-6-22(7-5-10)15-14-13(20-16(18)21-15)11-8-9(17)2-3-12(11)23-14/h2-3,8,10,19H,4-7H2,1H3,(H2,18,20,21). The topological polar surface area (TPSA) is 80.2 Å². The van der Waals surface area contributed by atoms with Gasteiger partial charge in [-0.1, -0.05) is 11.6 Å². The van der Waals surface area contributed by atoms with Crippen molar-refractivity contribution in [2.45, 2.75) is 18.9 Å². The highest BCUT2D eigenvalue weighted by Crippen LogP contribution is 2.35. The molecule has 1 aliphatic rings. The van der Waals surface area contributed by atoms with E-state index in [1.807, 2.05) is 19.2 Å². The van der Waals surface area contributed by atoms with Crippen molar-refractivity contribution >= 4 is 45.4 Å². The average molecular weight is 332 g/mol. The lowest BCUT2D eigenvalue weighted by molar-refractivity contribution is 0.440. The number of furan rings is 1. The van der Waals surface area contributed by atoms with Gasteiger partial charge < -0.3 is 20.4 Å². The van der Waals surface area contributed by atoms with E-state index in [0.29, 0.717) is 16.6 Å². The van der Waals surface area contributed by atoms with Gasteiger partial charge in [0.1, 0.15) is 11.1 Å². The van der Waals surface area contributed by atoms with Crippen molar-refractivity contribution in [1.82, 2.24) is 15.3 Å². The van der Waals surface area contributed by atoms with Crippen LogP contribution in [0.4, 0.5) is 11.8 Å². The molecular weight excluding hydrogens is 314 g/mol. The largest absolute Gasteiger partial charge is 0.450 e. The van der Waals surface area contributed by atoms with E-state index in [1.165, 1.54) is 0 Å². The second-order valence-electron chi connectivity index (χ2n) is 5.88. The molecule has 7 heteroatoms. The molecule has 0 bridgehead atoms. The molecule has 3 aromatic rings. The molecule has 0 spiro atoms. The van der Waals surface area contributed by atoms with Crippen LogP contribution in [-0.4, -0.2) is 36.1 Å². The molecule has 2 aromatic heterocycles. The van der Waals surface area contributed by atoms with Gasteiger partial charge in [0.05, 0.1) is 0 Å². The highest BCUT2D eigenvalue weighted by atomic mass is 35.5. The molecular formula is C16H18ClN5O. The molecule has 1 aromatic carbocycles. The van der Waals surface area contributed by atoms with Crippen LogP contribution in [0.2, 0.25) is 5.02 Å². The Bertz CT molecular complexity index is 870. The highest BCUT2D eigenvalue weighted by molar-refractivity contribution is 6.31. The van der Waals surface area contributed by atoms with Gasteiger partial charge >= 0.3 is 0 Å². The van der Waals surface area contributed by atoms with E-state index >= 15 is 0 Å². The van der Waals surface area contributed by atoms with Gasteiger partial charge in [-0.25, -0.2) is 4.98 Å². The molecule has 0 amide bonds. The number of aromatic nitrogens is 2. The van der Waals surface area contributed by atoms with Crippen LogP contribution in [0, 0.1) is 0 Å². The van der Waals surface area contributed by atoms with Gasteiger partial charge in [0.15, 0.2) is 11.4 Å². The second kappa shape index (κ2) is 5.54. The number of benzene rings is 1. The zero-order valence-corrected chi connectivity index (χ0v) is 13.6. The molecule has 3 heterocycles. The molecule has 6 nitrogen and oxygen atoms in total.